The lowest BCUT2D eigenvalue weighted by molar-refractivity contribution is 0.578. The minimum Gasteiger partial charge on any atom is -0.370 e. The molecule has 4 rings (SSSR count). The summed E-state index contributed by atoms with van der Waals surface area (Å²) in [5.41, 5.74) is 4.68. The largest absolute Gasteiger partial charge is 0.370 e. The van der Waals surface area contributed by atoms with Crippen LogP contribution >= 0.6 is 23.2 Å². The van der Waals surface area contributed by atoms with E-state index in [1.165, 1.54) is 41.7 Å². The Morgan fingerprint density at radius 3 is 2.16 bits per heavy atom. The van der Waals surface area contributed by atoms with Crippen LogP contribution in [0.1, 0.15) is 30.7 Å². The van der Waals surface area contributed by atoms with E-state index in [1.807, 2.05) is 12.1 Å². The number of nitrogens with zero attached hydrogens (tertiary/aromatic N) is 2. The van der Waals surface area contributed by atoms with Crippen LogP contribution in [-0.2, 0) is 0 Å². The molecule has 2 nitrogen and oxygen atoms in total. The highest BCUT2D eigenvalue weighted by atomic mass is 35.5. The maximum absolute atomic E-state index is 6.90. The van der Waals surface area contributed by atoms with Crippen LogP contribution in [0.5, 0.6) is 0 Å². The second kappa shape index (κ2) is 6.59. The Labute approximate surface area is 159 Å². The molecule has 1 saturated heterocycles. The molecule has 0 radical (unpaired) electrons. The molecular weight excluding hydrogens is 351 g/mol. The highest BCUT2D eigenvalue weighted by molar-refractivity contribution is 6.38. The van der Waals surface area contributed by atoms with Crippen molar-refractivity contribution in [3.05, 3.63) is 57.8 Å². The third-order valence-corrected chi connectivity index (χ3v) is 5.96. The van der Waals surface area contributed by atoms with Gasteiger partial charge in [-0.15, -0.1) is 0 Å². The van der Waals surface area contributed by atoms with Crippen LogP contribution in [0.4, 0.5) is 5.69 Å². The summed E-state index contributed by atoms with van der Waals surface area (Å²) in [5, 5.41) is 4.02. The van der Waals surface area contributed by atoms with Crippen molar-refractivity contribution in [1.29, 1.82) is 0 Å². The molecule has 1 fully saturated rings. The molecule has 0 spiro atoms. The number of piperidine rings is 1. The average Bonchev–Trinajstić information content (AvgIpc) is 2.88. The van der Waals surface area contributed by atoms with Gasteiger partial charge in [0, 0.05) is 46.0 Å². The van der Waals surface area contributed by atoms with Crippen molar-refractivity contribution < 1.29 is 0 Å². The standard InChI is InChI=1S/C21H22Cl2N2/c1-14-18-10-11-19(24-12-4-3-5-13-24)21(23)20(18)15(2)25(14)17-8-6-16(22)7-9-17/h6-11H,3-5,12-13H2,1-2H3. The fraction of sp³-hybridized carbons (Fsp3) is 0.333. The van der Waals surface area contributed by atoms with Gasteiger partial charge >= 0.3 is 0 Å². The summed E-state index contributed by atoms with van der Waals surface area (Å²) >= 11 is 13.0. The zero-order valence-electron chi connectivity index (χ0n) is 14.6. The zero-order valence-corrected chi connectivity index (χ0v) is 16.2. The van der Waals surface area contributed by atoms with Crippen molar-refractivity contribution in [3.63, 3.8) is 0 Å². The van der Waals surface area contributed by atoms with Gasteiger partial charge < -0.3 is 9.47 Å². The van der Waals surface area contributed by atoms with Crippen LogP contribution < -0.4 is 4.90 Å². The molecule has 2 aromatic carbocycles. The normalized spacial score (nSPS) is 15.1. The Kier molecular flexibility index (Phi) is 4.43. The van der Waals surface area contributed by atoms with Crippen LogP contribution in [0.2, 0.25) is 10.0 Å². The molecule has 0 amide bonds. The van der Waals surface area contributed by atoms with Gasteiger partial charge in [-0.3, -0.25) is 0 Å². The van der Waals surface area contributed by atoms with E-state index in [0.29, 0.717) is 0 Å². The smallest absolute Gasteiger partial charge is 0.0736 e. The van der Waals surface area contributed by atoms with Crippen molar-refractivity contribution in [1.82, 2.24) is 4.57 Å². The number of halogens is 2. The summed E-state index contributed by atoms with van der Waals surface area (Å²) in [7, 11) is 0. The predicted octanol–water partition coefficient (Wildman–Crippen LogP) is 6.54. The first-order chi connectivity index (χ1) is 12.1. The highest BCUT2D eigenvalue weighted by Crippen LogP contribution is 2.40. The fourth-order valence-electron chi connectivity index (χ4n) is 4.06. The van der Waals surface area contributed by atoms with E-state index in [-0.39, 0.29) is 0 Å². The first-order valence-corrected chi connectivity index (χ1v) is 9.64. The minimum atomic E-state index is 0.751. The molecule has 0 unspecified atom stereocenters. The summed E-state index contributed by atoms with van der Waals surface area (Å²) in [6, 6.07) is 12.4. The number of anilines is 1. The third-order valence-electron chi connectivity index (χ3n) is 5.33. The van der Waals surface area contributed by atoms with Gasteiger partial charge in [0.2, 0.25) is 0 Å². The van der Waals surface area contributed by atoms with E-state index in [4.69, 9.17) is 23.2 Å². The predicted molar refractivity (Wildman–Crippen MR) is 109 cm³/mol. The van der Waals surface area contributed by atoms with Gasteiger partial charge in [-0.05, 0) is 63.4 Å². The van der Waals surface area contributed by atoms with Gasteiger partial charge in [-0.1, -0.05) is 29.3 Å². The lowest BCUT2D eigenvalue weighted by Gasteiger charge is -2.29. The van der Waals surface area contributed by atoms with Crippen LogP contribution in [0.25, 0.3) is 16.5 Å². The Morgan fingerprint density at radius 2 is 1.48 bits per heavy atom. The van der Waals surface area contributed by atoms with Gasteiger partial charge in [-0.25, -0.2) is 0 Å². The van der Waals surface area contributed by atoms with Crippen LogP contribution in [0.15, 0.2) is 36.4 Å². The quantitative estimate of drug-likeness (QED) is 0.495. The van der Waals surface area contributed by atoms with E-state index >= 15 is 0 Å². The summed E-state index contributed by atoms with van der Waals surface area (Å²) < 4.78 is 2.27. The van der Waals surface area contributed by atoms with E-state index < -0.39 is 0 Å². The lowest BCUT2D eigenvalue weighted by Crippen LogP contribution is -2.29. The molecule has 3 aromatic rings. The molecule has 25 heavy (non-hydrogen) atoms. The maximum Gasteiger partial charge on any atom is 0.0736 e. The molecule has 1 aliphatic heterocycles. The monoisotopic (exact) mass is 372 g/mol. The second-order valence-corrected chi connectivity index (χ2v) is 7.67. The molecular formula is C21H22Cl2N2. The van der Waals surface area contributed by atoms with Gasteiger partial charge in [0.25, 0.3) is 0 Å². The van der Waals surface area contributed by atoms with E-state index in [1.54, 1.807) is 0 Å². The number of hydrogen-bond donors (Lipinski definition) is 0. The first-order valence-electron chi connectivity index (χ1n) is 8.89. The third kappa shape index (κ3) is 2.82. The number of benzene rings is 2. The van der Waals surface area contributed by atoms with Gasteiger partial charge in [0.15, 0.2) is 0 Å². The first kappa shape index (κ1) is 16.8. The summed E-state index contributed by atoms with van der Waals surface area (Å²) in [4.78, 5) is 2.43. The molecule has 0 saturated carbocycles. The molecule has 0 aliphatic carbocycles. The summed E-state index contributed by atoms with van der Waals surface area (Å²) in [6.45, 7) is 6.50. The van der Waals surface area contributed by atoms with Crippen molar-refractivity contribution in [2.45, 2.75) is 33.1 Å². The Balaban J connectivity index is 1.89. The molecule has 0 bridgehead atoms. The van der Waals surface area contributed by atoms with E-state index in [2.05, 4.69) is 47.6 Å². The number of hydrogen-bond acceptors (Lipinski definition) is 1. The van der Waals surface area contributed by atoms with Crippen LogP contribution in [-0.4, -0.2) is 17.7 Å². The molecule has 1 aromatic heterocycles. The topological polar surface area (TPSA) is 8.17 Å². The number of aryl methyl sites for hydroxylation is 2. The van der Waals surface area contributed by atoms with Crippen LogP contribution in [0, 0.1) is 13.8 Å². The van der Waals surface area contributed by atoms with Crippen LogP contribution in [0.3, 0.4) is 0 Å². The SMILES string of the molecule is Cc1c2ccc(N3CCCCC3)c(Cl)c2c(C)n1-c1ccc(Cl)cc1. The minimum absolute atomic E-state index is 0.751. The van der Waals surface area contributed by atoms with Crippen molar-refractivity contribution in [3.8, 4) is 5.69 Å². The fourth-order valence-corrected chi connectivity index (χ4v) is 4.61. The van der Waals surface area contributed by atoms with E-state index in [9.17, 15) is 0 Å². The summed E-state index contributed by atoms with van der Waals surface area (Å²) in [5.74, 6) is 0. The molecule has 1 aliphatic rings. The second-order valence-electron chi connectivity index (χ2n) is 6.85. The molecule has 4 heteroatoms. The number of aromatic nitrogens is 1. The molecule has 2 heterocycles. The molecule has 0 atom stereocenters. The van der Waals surface area contributed by atoms with Crippen molar-refractivity contribution >= 4 is 39.7 Å². The van der Waals surface area contributed by atoms with Crippen molar-refractivity contribution in [2.24, 2.45) is 0 Å². The van der Waals surface area contributed by atoms with Gasteiger partial charge in [0.05, 0.1) is 10.7 Å². The summed E-state index contributed by atoms with van der Waals surface area (Å²) in [6.07, 6.45) is 3.82. The Hall–Kier alpha value is -1.64. The molecule has 130 valence electrons. The van der Waals surface area contributed by atoms with Crippen molar-refractivity contribution in [2.75, 3.05) is 18.0 Å². The number of fused-ring (bicyclic) bond motifs is 1. The average molecular weight is 373 g/mol. The Bertz CT molecular complexity index is 919. The lowest BCUT2D eigenvalue weighted by atomic mass is 10.1. The van der Waals surface area contributed by atoms with E-state index in [0.717, 1.165) is 34.2 Å². The maximum atomic E-state index is 6.90. The molecule has 0 N–H and O–H groups in total. The van der Waals surface area contributed by atoms with Gasteiger partial charge in [0.1, 0.15) is 0 Å². The number of rotatable bonds is 2. The Morgan fingerprint density at radius 1 is 0.800 bits per heavy atom. The van der Waals surface area contributed by atoms with Gasteiger partial charge in [-0.2, -0.15) is 0 Å². The zero-order chi connectivity index (χ0) is 17.6. The highest BCUT2D eigenvalue weighted by Gasteiger charge is 2.20.